The quantitative estimate of drug-likeness (QED) is 0.247. The van der Waals surface area contributed by atoms with E-state index in [0.29, 0.717) is 59.6 Å². The number of hydrogen-bond donors (Lipinski definition) is 2. The van der Waals surface area contributed by atoms with Gasteiger partial charge in [-0.25, -0.2) is 8.42 Å². The van der Waals surface area contributed by atoms with Gasteiger partial charge in [0, 0.05) is 43.4 Å². The van der Waals surface area contributed by atoms with Gasteiger partial charge in [-0.05, 0) is 73.6 Å². The maximum Gasteiger partial charge on any atom is 0.243 e. The van der Waals surface area contributed by atoms with Crippen LogP contribution < -0.4 is 5.32 Å². The van der Waals surface area contributed by atoms with Crippen LogP contribution in [0.3, 0.4) is 0 Å². The van der Waals surface area contributed by atoms with Crippen molar-refractivity contribution in [3.63, 3.8) is 0 Å². The molecule has 8 nitrogen and oxygen atoms in total. The normalized spacial score (nSPS) is 14.6. The van der Waals surface area contributed by atoms with E-state index >= 15 is 0 Å². The monoisotopic (exact) mass is 620 g/mol. The van der Waals surface area contributed by atoms with E-state index < -0.39 is 10.0 Å². The first-order chi connectivity index (χ1) is 18.5. The number of aromatic hydroxyl groups is 1. The number of nitrogens with one attached hydrogen (secondary N) is 1. The van der Waals surface area contributed by atoms with Gasteiger partial charge in [0.25, 0.3) is 0 Å². The zero-order chi connectivity index (χ0) is 27.9. The second-order valence-corrected chi connectivity index (χ2v) is 12.2. The van der Waals surface area contributed by atoms with Crippen molar-refractivity contribution < 1.29 is 18.3 Å². The van der Waals surface area contributed by atoms with Crippen LogP contribution in [0.25, 0.3) is 22.0 Å². The Labute approximate surface area is 249 Å². The molecule has 0 spiro atoms. The molecule has 0 unspecified atom stereocenters. The van der Waals surface area contributed by atoms with E-state index in [-0.39, 0.29) is 38.9 Å². The predicted octanol–water partition coefficient (Wildman–Crippen LogP) is 6.22. The molecule has 12 heteroatoms. The minimum Gasteiger partial charge on any atom is -0.505 e. The van der Waals surface area contributed by atoms with Gasteiger partial charge in [-0.15, -0.1) is 12.4 Å². The molecule has 3 aromatic carbocycles. The van der Waals surface area contributed by atoms with Crippen molar-refractivity contribution in [2.24, 2.45) is 0 Å². The minimum absolute atomic E-state index is 0. The molecule has 2 N–H and O–H groups in total. The molecule has 0 aliphatic carbocycles. The fourth-order valence-electron chi connectivity index (χ4n) is 4.54. The number of rotatable bonds is 6. The fourth-order valence-corrected chi connectivity index (χ4v) is 6.45. The van der Waals surface area contributed by atoms with Gasteiger partial charge in [-0.1, -0.05) is 29.3 Å². The predicted molar refractivity (Wildman–Crippen MR) is 162 cm³/mol. The van der Waals surface area contributed by atoms with Gasteiger partial charge in [-0.3, -0.25) is 9.78 Å². The number of nitrogens with zero attached hydrogens (tertiary/aromatic N) is 3. The van der Waals surface area contributed by atoms with E-state index in [2.05, 4.69) is 15.2 Å². The van der Waals surface area contributed by atoms with Crippen molar-refractivity contribution in [3.05, 3.63) is 76.4 Å². The molecule has 0 atom stereocenters. The number of phenolic OH excluding ortho intramolecular Hbond substituents is 1. The van der Waals surface area contributed by atoms with Crippen molar-refractivity contribution in [1.29, 1.82) is 0 Å². The number of aromatic nitrogens is 1. The van der Waals surface area contributed by atoms with Gasteiger partial charge in [0.1, 0.15) is 0 Å². The lowest BCUT2D eigenvalue weighted by Crippen LogP contribution is -2.46. The minimum atomic E-state index is -3.60. The number of likely N-dealkylation sites (N-methyl/N-ethyl adjacent to an activating group) is 1. The van der Waals surface area contributed by atoms with Crippen LogP contribution in [0.2, 0.25) is 10.0 Å². The van der Waals surface area contributed by atoms with Crippen LogP contribution in [0.5, 0.6) is 5.75 Å². The Morgan fingerprint density at radius 3 is 2.17 bits per heavy atom. The summed E-state index contributed by atoms with van der Waals surface area (Å²) < 4.78 is 27.7. The molecular weight excluding hydrogens is 595 g/mol. The molecule has 210 valence electrons. The summed E-state index contributed by atoms with van der Waals surface area (Å²) in [7, 11) is -1.63. The first kappa shape index (κ1) is 30.0. The van der Waals surface area contributed by atoms with Crippen LogP contribution >= 0.6 is 35.6 Å². The molecule has 40 heavy (non-hydrogen) atoms. The Kier molecular flexibility index (Phi) is 8.94. The average Bonchev–Trinajstić information content (AvgIpc) is 2.91. The average molecular weight is 622 g/mol. The third kappa shape index (κ3) is 5.90. The number of ketones is 1. The van der Waals surface area contributed by atoms with Crippen LogP contribution in [-0.2, 0) is 10.0 Å². The number of hydrogen-bond acceptors (Lipinski definition) is 7. The highest BCUT2D eigenvalue weighted by molar-refractivity contribution is 7.89. The van der Waals surface area contributed by atoms with E-state index in [1.54, 1.807) is 36.4 Å². The van der Waals surface area contributed by atoms with Crippen LogP contribution in [0, 0.1) is 0 Å². The van der Waals surface area contributed by atoms with Crippen molar-refractivity contribution in [1.82, 2.24) is 14.2 Å². The zero-order valence-corrected chi connectivity index (χ0v) is 24.8. The summed E-state index contributed by atoms with van der Waals surface area (Å²) in [5, 5.41) is 14.2. The van der Waals surface area contributed by atoms with E-state index in [4.69, 9.17) is 23.2 Å². The molecule has 0 amide bonds. The maximum absolute atomic E-state index is 13.1. The number of sulfonamides is 1. The number of benzene rings is 3. The van der Waals surface area contributed by atoms with Crippen molar-refractivity contribution >= 4 is 73.7 Å². The lowest BCUT2D eigenvalue weighted by Gasteiger charge is -2.31. The van der Waals surface area contributed by atoms with Crippen LogP contribution in [0.4, 0.5) is 11.4 Å². The molecule has 1 aliphatic rings. The summed E-state index contributed by atoms with van der Waals surface area (Å²) in [5.74, 6) is -0.369. The lowest BCUT2D eigenvalue weighted by molar-refractivity contribution is 0.101. The molecule has 1 aromatic heterocycles. The molecule has 1 fully saturated rings. The summed E-state index contributed by atoms with van der Waals surface area (Å²) in [6, 6.07) is 15.3. The molecule has 0 saturated carbocycles. The molecule has 2 heterocycles. The Bertz CT molecular complexity index is 1670. The standard InChI is InChI=1S/C28H26Cl2N4O4S.ClH/c1-17(35)23-16-31-26-8-3-18(19-14-24(29)28(36)25(30)15-19)13-22(26)27(23)32-20-4-6-21(7-5-20)39(37,38)34-11-9-33(2)10-12-34;/h3-8,13-16,36H,9-12H2,1-2H3,(H,31,32);1H. The second-order valence-electron chi connectivity index (χ2n) is 9.48. The highest BCUT2D eigenvalue weighted by atomic mass is 35.5. The van der Waals surface area contributed by atoms with Crippen molar-refractivity contribution in [3.8, 4) is 16.9 Å². The number of carbonyl (C=O) groups is 1. The van der Waals surface area contributed by atoms with Crippen molar-refractivity contribution in [2.45, 2.75) is 11.8 Å². The SMILES string of the molecule is CC(=O)c1cnc2ccc(-c3cc(Cl)c(O)c(Cl)c3)cc2c1Nc1ccc(S(=O)(=O)N2CCN(C)CC2)cc1.Cl. The maximum atomic E-state index is 13.1. The highest BCUT2D eigenvalue weighted by Gasteiger charge is 2.27. The van der Waals surface area contributed by atoms with Crippen LogP contribution in [-0.4, -0.2) is 66.7 Å². The number of fused-ring (bicyclic) bond motifs is 1. The number of halogens is 3. The van der Waals surface area contributed by atoms with Crippen LogP contribution in [0.1, 0.15) is 17.3 Å². The summed E-state index contributed by atoms with van der Waals surface area (Å²) in [5.41, 5.74) is 3.63. The first-order valence-electron chi connectivity index (χ1n) is 12.2. The molecule has 4 aromatic rings. The fraction of sp³-hybridized carbons (Fsp3) is 0.214. The molecule has 5 rings (SSSR count). The molecular formula is C28H27Cl3N4O4S. The summed E-state index contributed by atoms with van der Waals surface area (Å²) in [4.78, 5) is 19.3. The number of carbonyl (C=O) groups excluding carboxylic acids is 1. The molecule has 0 bridgehead atoms. The van der Waals surface area contributed by atoms with E-state index in [0.717, 1.165) is 5.56 Å². The Morgan fingerprint density at radius 1 is 0.950 bits per heavy atom. The summed E-state index contributed by atoms with van der Waals surface area (Å²) in [6.07, 6.45) is 1.52. The van der Waals surface area contributed by atoms with Gasteiger partial charge >= 0.3 is 0 Å². The summed E-state index contributed by atoms with van der Waals surface area (Å²) >= 11 is 12.3. The van der Waals surface area contributed by atoms with E-state index in [9.17, 15) is 18.3 Å². The van der Waals surface area contributed by atoms with Gasteiger partial charge in [0.05, 0.1) is 31.7 Å². The molecule has 1 saturated heterocycles. The Morgan fingerprint density at radius 2 is 1.57 bits per heavy atom. The Balaban J connectivity index is 0.00000370. The smallest absolute Gasteiger partial charge is 0.243 e. The third-order valence-electron chi connectivity index (χ3n) is 6.82. The van der Waals surface area contributed by atoms with E-state index in [1.807, 2.05) is 25.2 Å². The largest absolute Gasteiger partial charge is 0.505 e. The van der Waals surface area contributed by atoms with Crippen molar-refractivity contribution in [2.75, 3.05) is 38.5 Å². The van der Waals surface area contributed by atoms with E-state index in [1.165, 1.54) is 17.4 Å². The molecule has 1 aliphatic heterocycles. The van der Waals surface area contributed by atoms with Crippen LogP contribution in [0.15, 0.2) is 65.7 Å². The number of piperazine rings is 1. The van der Waals surface area contributed by atoms with Gasteiger partial charge in [-0.2, -0.15) is 4.31 Å². The summed E-state index contributed by atoms with van der Waals surface area (Å²) in [6.45, 7) is 3.73. The second kappa shape index (κ2) is 11.9. The van der Waals surface area contributed by atoms with Gasteiger partial charge in [0.15, 0.2) is 11.5 Å². The lowest BCUT2D eigenvalue weighted by atomic mass is 10.00. The number of pyridine rings is 1. The zero-order valence-electron chi connectivity index (χ0n) is 21.7. The number of Topliss-reactive ketones (excluding diaryl/α,β-unsaturated/α-hetero) is 1. The highest BCUT2D eigenvalue weighted by Crippen LogP contribution is 2.38. The first-order valence-corrected chi connectivity index (χ1v) is 14.4. The number of anilines is 2. The molecule has 0 radical (unpaired) electrons. The third-order valence-corrected chi connectivity index (χ3v) is 9.31. The number of phenols is 1. The Hall–Kier alpha value is -2.92. The van der Waals surface area contributed by atoms with Gasteiger partial charge in [0.2, 0.25) is 10.0 Å². The van der Waals surface area contributed by atoms with Gasteiger partial charge < -0.3 is 15.3 Å². The topological polar surface area (TPSA) is 103 Å².